The van der Waals surface area contributed by atoms with Crippen LogP contribution in [0.5, 0.6) is 0 Å². The molecule has 15 heavy (non-hydrogen) atoms. The summed E-state index contributed by atoms with van der Waals surface area (Å²) in [6.07, 6.45) is 6.16. The molecule has 1 saturated heterocycles. The number of hydrogen-bond acceptors (Lipinski definition) is 2. The summed E-state index contributed by atoms with van der Waals surface area (Å²) in [5, 5.41) is 5.54. The van der Waals surface area contributed by atoms with Crippen LogP contribution in [0, 0.1) is 0 Å². The molecule has 0 aromatic rings. The SMILES string of the molecule is C=CC(=O)NC1=CCC2NC(=O)CC2=C1. The molecule has 0 spiro atoms. The Labute approximate surface area is 87.7 Å². The number of carbonyl (C=O) groups is 2. The van der Waals surface area contributed by atoms with Crippen LogP contribution in [0.2, 0.25) is 0 Å². The minimum atomic E-state index is -0.228. The molecular weight excluding hydrogens is 192 g/mol. The zero-order valence-corrected chi connectivity index (χ0v) is 8.25. The van der Waals surface area contributed by atoms with Crippen molar-refractivity contribution >= 4 is 11.8 Å². The van der Waals surface area contributed by atoms with Crippen LogP contribution in [0.15, 0.2) is 36.1 Å². The molecule has 1 aliphatic carbocycles. The molecule has 4 nitrogen and oxygen atoms in total. The molecule has 0 aromatic carbocycles. The van der Waals surface area contributed by atoms with Gasteiger partial charge in [-0.2, -0.15) is 0 Å². The minimum Gasteiger partial charge on any atom is -0.349 e. The summed E-state index contributed by atoms with van der Waals surface area (Å²) in [6.45, 7) is 3.38. The highest BCUT2D eigenvalue weighted by atomic mass is 16.2. The smallest absolute Gasteiger partial charge is 0.247 e. The van der Waals surface area contributed by atoms with Crippen molar-refractivity contribution in [1.82, 2.24) is 10.6 Å². The van der Waals surface area contributed by atoms with Crippen molar-refractivity contribution in [2.45, 2.75) is 18.9 Å². The van der Waals surface area contributed by atoms with E-state index in [2.05, 4.69) is 17.2 Å². The lowest BCUT2D eigenvalue weighted by Crippen LogP contribution is -2.28. The number of nitrogens with one attached hydrogen (secondary N) is 2. The van der Waals surface area contributed by atoms with E-state index in [1.165, 1.54) is 6.08 Å². The third-order valence-electron chi connectivity index (χ3n) is 2.51. The minimum absolute atomic E-state index is 0.0518. The second kappa shape index (κ2) is 3.73. The first-order valence-corrected chi connectivity index (χ1v) is 4.82. The van der Waals surface area contributed by atoms with Gasteiger partial charge in [-0.1, -0.05) is 12.7 Å². The second-order valence-corrected chi connectivity index (χ2v) is 3.60. The monoisotopic (exact) mass is 204 g/mol. The van der Waals surface area contributed by atoms with Crippen LogP contribution in [-0.2, 0) is 9.59 Å². The lowest BCUT2D eigenvalue weighted by molar-refractivity contribution is -0.119. The first-order chi connectivity index (χ1) is 7.19. The molecule has 1 atom stereocenters. The van der Waals surface area contributed by atoms with Crippen molar-refractivity contribution in [2.24, 2.45) is 0 Å². The Morgan fingerprint density at radius 1 is 1.67 bits per heavy atom. The maximum atomic E-state index is 11.1. The lowest BCUT2D eigenvalue weighted by atomic mass is 9.98. The number of allylic oxidation sites excluding steroid dienone is 1. The summed E-state index contributed by atoms with van der Waals surface area (Å²) in [7, 11) is 0. The molecular formula is C11H12N2O2. The zero-order valence-electron chi connectivity index (χ0n) is 8.25. The summed E-state index contributed by atoms with van der Waals surface area (Å²) >= 11 is 0. The summed E-state index contributed by atoms with van der Waals surface area (Å²) < 4.78 is 0. The average molecular weight is 204 g/mol. The molecule has 0 radical (unpaired) electrons. The molecule has 1 heterocycles. The van der Waals surface area contributed by atoms with Gasteiger partial charge in [-0.3, -0.25) is 9.59 Å². The van der Waals surface area contributed by atoms with Gasteiger partial charge in [-0.25, -0.2) is 0 Å². The Morgan fingerprint density at radius 2 is 2.47 bits per heavy atom. The Kier molecular flexibility index (Phi) is 2.41. The van der Waals surface area contributed by atoms with Crippen LogP contribution in [0.25, 0.3) is 0 Å². The molecule has 0 aromatic heterocycles. The Morgan fingerprint density at radius 3 is 3.20 bits per heavy atom. The number of rotatable bonds is 2. The molecule has 0 bridgehead atoms. The summed E-state index contributed by atoms with van der Waals surface area (Å²) in [6, 6.07) is 0.127. The van der Waals surface area contributed by atoms with E-state index in [9.17, 15) is 9.59 Å². The normalized spacial score (nSPS) is 23.5. The summed E-state index contributed by atoms with van der Waals surface area (Å²) in [5.74, 6) is -0.176. The van der Waals surface area contributed by atoms with Crippen LogP contribution in [-0.4, -0.2) is 17.9 Å². The van der Waals surface area contributed by atoms with Gasteiger partial charge in [0.2, 0.25) is 11.8 Å². The van der Waals surface area contributed by atoms with Crippen LogP contribution < -0.4 is 10.6 Å². The Balaban J connectivity index is 2.08. The highest BCUT2D eigenvalue weighted by Gasteiger charge is 2.27. The zero-order chi connectivity index (χ0) is 10.8. The van der Waals surface area contributed by atoms with E-state index in [-0.39, 0.29) is 17.9 Å². The Hall–Kier alpha value is -1.84. The van der Waals surface area contributed by atoms with E-state index in [4.69, 9.17) is 0 Å². The number of amides is 2. The van der Waals surface area contributed by atoms with Gasteiger partial charge in [-0.05, 0) is 24.1 Å². The van der Waals surface area contributed by atoms with Crippen LogP contribution >= 0.6 is 0 Å². The van der Waals surface area contributed by atoms with Crippen molar-refractivity contribution in [2.75, 3.05) is 0 Å². The largest absolute Gasteiger partial charge is 0.349 e. The predicted octanol–water partition coefficient (Wildman–Crippen LogP) is 0.391. The van der Waals surface area contributed by atoms with Gasteiger partial charge in [0.15, 0.2) is 0 Å². The van der Waals surface area contributed by atoms with E-state index < -0.39 is 0 Å². The molecule has 0 saturated carbocycles. The third-order valence-corrected chi connectivity index (χ3v) is 2.51. The van der Waals surface area contributed by atoms with Gasteiger partial charge in [0.1, 0.15) is 0 Å². The second-order valence-electron chi connectivity index (χ2n) is 3.60. The number of carbonyl (C=O) groups excluding carboxylic acids is 2. The fourth-order valence-corrected chi connectivity index (χ4v) is 1.79. The van der Waals surface area contributed by atoms with Crippen LogP contribution in [0.4, 0.5) is 0 Å². The van der Waals surface area contributed by atoms with Gasteiger partial charge in [0, 0.05) is 12.1 Å². The summed E-state index contributed by atoms with van der Waals surface area (Å²) in [5.41, 5.74) is 1.80. The van der Waals surface area contributed by atoms with Crippen LogP contribution in [0.3, 0.4) is 0 Å². The molecule has 1 aliphatic heterocycles. The summed E-state index contributed by atoms with van der Waals surface area (Å²) in [4.78, 5) is 22.2. The predicted molar refractivity (Wildman–Crippen MR) is 55.7 cm³/mol. The maximum absolute atomic E-state index is 11.1. The highest BCUT2D eigenvalue weighted by molar-refractivity contribution is 5.89. The van der Waals surface area contributed by atoms with Gasteiger partial charge in [0.05, 0.1) is 6.04 Å². The molecule has 78 valence electrons. The van der Waals surface area contributed by atoms with Gasteiger partial charge in [-0.15, -0.1) is 0 Å². The third kappa shape index (κ3) is 1.98. The average Bonchev–Trinajstić information content (AvgIpc) is 2.57. The molecule has 2 N–H and O–H groups in total. The van der Waals surface area contributed by atoms with Crippen molar-refractivity contribution in [1.29, 1.82) is 0 Å². The fourth-order valence-electron chi connectivity index (χ4n) is 1.79. The number of hydrogen-bond donors (Lipinski definition) is 2. The van der Waals surface area contributed by atoms with Gasteiger partial charge < -0.3 is 10.6 Å². The molecule has 1 unspecified atom stereocenters. The highest BCUT2D eigenvalue weighted by Crippen LogP contribution is 2.24. The fraction of sp³-hybridized carbons (Fsp3) is 0.273. The van der Waals surface area contributed by atoms with E-state index in [1.807, 2.05) is 12.2 Å². The van der Waals surface area contributed by atoms with Crippen molar-refractivity contribution in [3.8, 4) is 0 Å². The Bertz CT molecular complexity index is 393. The van der Waals surface area contributed by atoms with Crippen molar-refractivity contribution in [3.05, 3.63) is 36.1 Å². The number of fused-ring (bicyclic) bond motifs is 1. The van der Waals surface area contributed by atoms with E-state index >= 15 is 0 Å². The van der Waals surface area contributed by atoms with Crippen molar-refractivity contribution < 1.29 is 9.59 Å². The molecule has 1 fully saturated rings. The molecule has 2 rings (SSSR count). The van der Waals surface area contributed by atoms with Gasteiger partial charge >= 0.3 is 0 Å². The van der Waals surface area contributed by atoms with Gasteiger partial charge in [0.25, 0.3) is 0 Å². The standard InChI is InChI=1S/C11H12N2O2/c1-2-10(14)12-8-3-4-9-7(5-8)6-11(15)13-9/h2-3,5,9H,1,4,6H2,(H,12,14)(H,13,15). The van der Waals surface area contributed by atoms with Crippen molar-refractivity contribution in [3.63, 3.8) is 0 Å². The van der Waals surface area contributed by atoms with Crippen LogP contribution in [0.1, 0.15) is 12.8 Å². The van der Waals surface area contributed by atoms with E-state index in [0.29, 0.717) is 6.42 Å². The molecule has 2 aliphatic rings. The van der Waals surface area contributed by atoms with E-state index in [1.54, 1.807) is 0 Å². The topological polar surface area (TPSA) is 58.2 Å². The quantitative estimate of drug-likeness (QED) is 0.639. The molecule has 2 amide bonds. The maximum Gasteiger partial charge on any atom is 0.247 e. The first-order valence-electron chi connectivity index (χ1n) is 4.82. The van der Waals surface area contributed by atoms with E-state index in [0.717, 1.165) is 17.7 Å². The first kappa shape index (κ1) is 9.71. The molecule has 4 heteroatoms. The lowest BCUT2D eigenvalue weighted by Gasteiger charge is -2.16.